The highest BCUT2D eigenvalue weighted by atomic mass is 16.2. The molecule has 6 heteroatoms. The van der Waals surface area contributed by atoms with Crippen LogP contribution in [0.3, 0.4) is 0 Å². The van der Waals surface area contributed by atoms with Gasteiger partial charge in [0.1, 0.15) is 0 Å². The van der Waals surface area contributed by atoms with E-state index in [9.17, 15) is 4.79 Å². The Morgan fingerprint density at radius 3 is 2.52 bits per heavy atom. The predicted molar refractivity (Wildman–Crippen MR) is 125 cm³/mol. The van der Waals surface area contributed by atoms with E-state index >= 15 is 0 Å². The van der Waals surface area contributed by atoms with Gasteiger partial charge in [0.15, 0.2) is 0 Å². The van der Waals surface area contributed by atoms with Crippen molar-refractivity contribution in [2.45, 2.75) is 53.5 Å². The molecule has 0 aliphatic carbocycles. The Labute approximate surface area is 185 Å². The number of nitrogens with zero attached hydrogens (tertiary/aromatic N) is 5. The zero-order valence-corrected chi connectivity index (χ0v) is 19.7. The summed E-state index contributed by atoms with van der Waals surface area (Å²) in [5.74, 6) is 0.666. The largest absolute Gasteiger partial charge is 0.345 e. The minimum Gasteiger partial charge on any atom is -0.345 e. The summed E-state index contributed by atoms with van der Waals surface area (Å²) in [6.45, 7) is 10.0. The van der Waals surface area contributed by atoms with Crippen molar-refractivity contribution in [3.8, 4) is 11.3 Å². The molecule has 0 spiro atoms. The third-order valence-corrected chi connectivity index (χ3v) is 5.75. The lowest BCUT2D eigenvalue weighted by atomic mass is 10.1. The van der Waals surface area contributed by atoms with Gasteiger partial charge in [0, 0.05) is 38.4 Å². The average Bonchev–Trinajstić information content (AvgIpc) is 3.22. The number of aromatic nitrogens is 4. The maximum Gasteiger partial charge on any atom is 0.226 e. The predicted octanol–water partition coefficient (Wildman–Crippen LogP) is 4.19. The number of benzene rings is 1. The van der Waals surface area contributed by atoms with E-state index in [0.717, 1.165) is 47.7 Å². The van der Waals surface area contributed by atoms with Gasteiger partial charge in [-0.1, -0.05) is 44.2 Å². The first-order valence-electron chi connectivity index (χ1n) is 11.1. The Bertz CT molecular complexity index is 1020. The number of aryl methyl sites for hydroxylation is 3. The van der Waals surface area contributed by atoms with E-state index in [1.165, 1.54) is 5.56 Å². The zero-order chi connectivity index (χ0) is 22.5. The highest BCUT2D eigenvalue weighted by Crippen LogP contribution is 2.20. The minimum atomic E-state index is 0.140. The first-order chi connectivity index (χ1) is 14.8. The van der Waals surface area contributed by atoms with E-state index < -0.39 is 0 Å². The lowest BCUT2D eigenvalue weighted by Crippen LogP contribution is -2.29. The molecule has 0 saturated heterocycles. The summed E-state index contributed by atoms with van der Waals surface area (Å²) in [5.41, 5.74) is 6.47. The molecule has 0 saturated carbocycles. The Balaban J connectivity index is 1.54. The summed E-state index contributed by atoms with van der Waals surface area (Å²) in [4.78, 5) is 14.6. The molecular formula is C25H35N5O. The summed E-state index contributed by atoms with van der Waals surface area (Å²) >= 11 is 0. The second kappa shape index (κ2) is 9.94. The van der Waals surface area contributed by atoms with Crippen molar-refractivity contribution in [1.82, 2.24) is 24.5 Å². The van der Waals surface area contributed by atoms with Crippen LogP contribution in [0.15, 0.2) is 36.4 Å². The molecule has 0 aliphatic rings. The van der Waals surface area contributed by atoms with Crippen molar-refractivity contribution < 1.29 is 4.79 Å². The van der Waals surface area contributed by atoms with Crippen LogP contribution in [0, 0.1) is 19.8 Å². The normalized spacial score (nSPS) is 11.3. The van der Waals surface area contributed by atoms with Crippen molar-refractivity contribution in [3.63, 3.8) is 0 Å². The van der Waals surface area contributed by atoms with Gasteiger partial charge in [0.25, 0.3) is 0 Å². The van der Waals surface area contributed by atoms with Crippen molar-refractivity contribution >= 4 is 5.91 Å². The van der Waals surface area contributed by atoms with E-state index in [-0.39, 0.29) is 5.91 Å². The van der Waals surface area contributed by atoms with Crippen molar-refractivity contribution in [3.05, 3.63) is 59.0 Å². The van der Waals surface area contributed by atoms with Crippen LogP contribution in [-0.2, 0) is 31.2 Å². The average molecular weight is 422 g/mol. The highest BCUT2D eigenvalue weighted by molar-refractivity contribution is 5.79. The topological polar surface area (TPSA) is 56.0 Å². The standard InChI is InChI=1S/C25H35N5O/c1-18(2)17-30-20(4)23(19(3)26-30)16-25(31)28(5)14-10-13-22-15-24(29(6)27-22)21-11-8-7-9-12-21/h7-9,11-12,15,18H,10,13-14,16-17H2,1-6H3. The number of likely N-dealkylation sites (N-methyl/N-ethyl adjacent to an activating group) is 1. The van der Waals surface area contributed by atoms with Crippen molar-refractivity contribution in [2.24, 2.45) is 13.0 Å². The molecule has 166 valence electrons. The van der Waals surface area contributed by atoms with Crippen LogP contribution < -0.4 is 0 Å². The highest BCUT2D eigenvalue weighted by Gasteiger charge is 2.18. The van der Waals surface area contributed by atoms with Gasteiger partial charge in [-0.15, -0.1) is 0 Å². The number of hydrogen-bond acceptors (Lipinski definition) is 3. The van der Waals surface area contributed by atoms with E-state index in [1.54, 1.807) is 0 Å². The Kier molecular flexibility index (Phi) is 7.31. The van der Waals surface area contributed by atoms with E-state index in [1.807, 2.05) is 53.5 Å². The fourth-order valence-electron chi connectivity index (χ4n) is 3.95. The molecule has 31 heavy (non-hydrogen) atoms. The number of carbonyl (C=O) groups excluding carboxylic acids is 1. The first kappa shape index (κ1) is 22.8. The molecule has 0 fully saturated rings. The molecule has 1 amide bonds. The summed E-state index contributed by atoms with van der Waals surface area (Å²) in [6.07, 6.45) is 2.15. The third kappa shape index (κ3) is 5.63. The van der Waals surface area contributed by atoms with Crippen LogP contribution in [0.1, 0.15) is 42.9 Å². The summed E-state index contributed by atoms with van der Waals surface area (Å²) < 4.78 is 3.97. The van der Waals surface area contributed by atoms with Gasteiger partial charge in [-0.25, -0.2) is 0 Å². The molecule has 0 unspecified atom stereocenters. The SMILES string of the molecule is Cc1nn(CC(C)C)c(C)c1CC(=O)N(C)CCCc1cc(-c2ccccc2)n(C)n1. The second-order valence-electron chi connectivity index (χ2n) is 8.83. The van der Waals surface area contributed by atoms with Gasteiger partial charge >= 0.3 is 0 Å². The zero-order valence-electron chi connectivity index (χ0n) is 19.7. The maximum absolute atomic E-state index is 12.8. The van der Waals surface area contributed by atoms with E-state index in [0.29, 0.717) is 18.9 Å². The van der Waals surface area contributed by atoms with Crippen LogP contribution in [0.2, 0.25) is 0 Å². The molecule has 0 aliphatic heterocycles. The lowest BCUT2D eigenvalue weighted by Gasteiger charge is -2.17. The molecule has 0 bridgehead atoms. The van der Waals surface area contributed by atoms with Gasteiger partial charge in [-0.05, 0) is 44.2 Å². The van der Waals surface area contributed by atoms with Crippen LogP contribution in [-0.4, -0.2) is 44.0 Å². The molecule has 6 nitrogen and oxygen atoms in total. The third-order valence-electron chi connectivity index (χ3n) is 5.75. The number of hydrogen-bond donors (Lipinski definition) is 0. The lowest BCUT2D eigenvalue weighted by molar-refractivity contribution is -0.129. The number of carbonyl (C=O) groups is 1. The van der Waals surface area contributed by atoms with Crippen LogP contribution >= 0.6 is 0 Å². The smallest absolute Gasteiger partial charge is 0.226 e. The Hall–Kier alpha value is -2.89. The molecular weight excluding hydrogens is 386 g/mol. The van der Waals surface area contributed by atoms with Crippen LogP contribution in [0.4, 0.5) is 0 Å². The Morgan fingerprint density at radius 2 is 1.84 bits per heavy atom. The first-order valence-corrected chi connectivity index (χ1v) is 11.1. The van der Waals surface area contributed by atoms with Crippen molar-refractivity contribution in [1.29, 1.82) is 0 Å². The van der Waals surface area contributed by atoms with Crippen molar-refractivity contribution in [2.75, 3.05) is 13.6 Å². The molecule has 1 aromatic carbocycles. The summed E-state index contributed by atoms with van der Waals surface area (Å²) in [5, 5.41) is 9.28. The van der Waals surface area contributed by atoms with Gasteiger partial charge in [0.2, 0.25) is 5.91 Å². The van der Waals surface area contributed by atoms with Crippen LogP contribution in [0.25, 0.3) is 11.3 Å². The van der Waals surface area contributed by atoms with E-state index in [4.69, 9.17) is 0 Å². The molecule has 0 radical (unpaired) electrons. The van der Waals surface area contributed by atoms with Crippen LogP contribution in [0.5, 0.6) is 0 Å². The molecule has 0 N–H and O–H groups in total. The quantitative estimate of drug-likeness (QED) is 0.521. The fraction of sp³-hybridized carbons (Fsp3) is 0.480. The van der Waals surface area contributed by atoms with Gasteiger partial charge in [-0.3, -0.25) is 14.2 Å². The monoisotopic (exact) mass is 421 g/mol. The van der Waals surface area contributed by atoms with Gasteiger partial charge in [0.05, 0.1) is 23.5 Å². The van der Waals surface area contributed by atoms with Gasteiger partial charge < -0.3 is 4.90 Å². The Morgan fingerprint density at radius 1 is 1.13 bits per heavy atom. The maximum atomic E-state index is 12.8. The minimum absolute atomic E-state index is 0.140. The molecule has 3 aromatic rings. The number of rotatable bonds is 9. The second-order valence-corrected chi connectivity index (χ2v) is 8.83. The number of amides is 1. The molecule has 2 heterocycles. The molecule has 2 aromatic heterocycles. The molecule has 0 atom stereocenters. The summed E-state index contributed by atoms with van der Waals surface area (Å²) in [6, 6.07) is 12.4. The summed E-state index contributed by atoms with van der Waals surface area (Å²) in [7, 11) is 3.87. The van der Waals surface area contributed by atoms with Gasteiger partial charge in [-0.2, -0.15) is 10.2 Å². The molecule has 3 rings (SSSR count). The van der Waals surface area contributed by atoms with E-state index in [2.05, 4.69) is 49.2 Å². The fourth-order valence-corrected chi connectivity index (χ4v) is 3.95.